The second-order valence-corrected chi connectivity index (χ2v) is 4.94. The molecule has 94 valence electrons. The first-order chi connectivity index (χ1) is 8.86. The average Bonchev–Trinajstić information content (AvgIpc) is 2.37. The molecule has 2 heteroatoms. The molecular weight excluding hydrogens is 222 g/mol. The fourth-order valence-corrected chi connectivity index (χ4v) is 2.60. The lowest BCUT2D eigenvalue weighted by Gasteiger charge is -2.36. The summed E-state index contributed by atoms with van der Waals surface area (Å²) in [6.45, 7) is 3.20. The van der Waals surface area contributed by atoms with Gasteiger partial charge < -0.3 is 10.1 Å². The highest BCUT2D eigenvalue weighted by molar-refractivity contribution is 5.88. The van der Waals surface area contributed by atoms with Crippen LogP contribution in [0.15, 0.2) is 42.5 Å². The van der Waals surface area contributed by atoms with Gasteiger partial charge in [-0.05, 0) is 30.8 Å². The Morgan fingerprint density at radius 3 is 2.72 bits per heavy atom. The van der Waals surface area contributed by atoms with Crippen LogP contribution in [-0.4, -0.2) is 18.7 Å². The monoisotopic (exact) mass is 241 g/mol. The molecule has 3 rings (SSSR count). The maximum absolute atomic E-state index is 6.10. The molecule has 2 aromatic carbocycles. The molecular formula is C16H19NO. The number of hydrogen-bond acceptors (Lipinski definition) is 2. The SMILES string of the molecule is CCNC1CC(Oc2cccc3ccccc23)C1. The molecule has 1 saturated carbocycles. The average molecular weight is 241 g/mol. The lowest BCUT2D eigenvalue weighted by Crippen LogP contribution is -2.46. The Morgan fingerprint density at radius 1 is 1.11 bits per heavy atom. The third-order valence-corrected chi connectivity index (χ3v) is 3.63. The normalized spacial score (nSPS) is 22.7. The molecule has 2 nitrogen and oxygen atoms in total. The second kappa shape index (κ2) is 4.99. The van der Waals surface area contributed by atoms with E-state index in [0.717, 1.165) is 25.1 Å². The molecule has 2 aromatic rings. The van der Waals surface area contributed by atoms with Gasteiger partial charge in [0.05, 0.1) is 0 Å². The van der Waals surface area contributed by atoms with Crippen molar-refractivity contribution in [1.82, 2.24) is 5.32 Å². The number of rotatable bonds is 4. The highest BCUT2D eigenvalue weighted by atomic mass is 16.5. The van der Waals surface area contributed by atoms with Crippen LogP contribution in [0.1, 0.15) is 19.8 Å². The summed E-state index contributed by atoms with van der Waals surface area (Å²) in [7, 11) is 0. The Kier molecular flexibility index (Phi) is 3.20. The molecule has 0 atom stereocenters. The van der Waals surface area contributed by atoms with Crippen molar-refractivity contribution < 1.29 is 4.74 Å². The quantitative estimate of drug-likeness (QED) is 0.886. The highest BCUT2D eigenvalue weighted by Gasteiger charge is 2.30. The van der Waals surface area contributed by atoms with Crippen LogP contribution in [0.4, 0.5) is 0 Å². The van der Waals surface area contributed by atoms with Crippen molar-refractivity contribution in [2.24, 2.45) is 0 Å². The van der Waals surface area contributed by atoms with Crippen LogP contribution >= 0.6 is 0 Å². The zero-order chi connectivity index (χ0) is 12.4. The van der Waals surface area contributed by atoms with Gasteiger partial charge in [-0.3, -0.25) is 0 Å². The summed E-state index contributed by atoms with van der Waals surface area (Å²) < 4.78 is 6.10. The molecule has 1 aliphatic rings. The van der Waals surface area contributed by atoms with Gasteiger partial charge in [0.2, 0.25) is 0 Å². The number of benzene rings is 2. The lowest BCUT2D eigenvalue weighted by molar-refractivity contribution is 0.0874. The minimum absolute atomic E-state index is 0.375. The third kappa shape index (κ3) is 2.21. The van der Waals surface area contributed by atoms with E-state index >= 15 is 0 Å². The molecule has 0 amide bonds. The van der Waals surface area contributed by atoms with Crippen molar-refractivity contribution in [3.63, 3.8) is 0 Å². The van der Waals surface area contributed by atoms with E-state index in [1.54, 1.807) is 0 Å². The first-order valence-corrected chi connectivity index (χ1v) is 6.74. The zero-order valence-electron chi connectivity index (χ0n) is 10.7. The first kappa shape index (κ1) is 11.5. The highest BCUT2D eigenvalue weighted by Crippen LogP contribution is 2.31. The number of fused-ring (bicyclic) bond motifs is 1. The van der Waals surface area contributed by atoms with Gasteiger partial charge in [0.1, 0.15) is 11.9 Å². The van der Waals surface area contributed by atoms with Gasteiger partial charge in [-0.25, -0.2) is 0 Å². The van der Waals surface area contributed by atoms with E-state index in [1.807, 2.05) is 0 Å². The van der Waals surface area contributed by atoms with Crippen LogP contribution in [0.25, 0.3) is 10.8 Å². The van der Waals surface area contributed by atoms with Crippen LogP contribution < -0.4 is 10.1 Å². The Balaban J connectivity index is 1.72. The lowest BCUT2D eigenvalue weighted by atomic mass is 9.89. The van der Waals surface area contributed by atoms with Crippen molar-refractivity contribution in [3.8, 4) is 5.75 Å². The van der Waals surface area contributed by atoms with Crippen molar-refractivity contribution in [3.05, 3.63) is 42.5 Å². The van der Waals surface area contributed by atoms with E-state index in [2.05, 4.69) is 54.7 Å². The molecule has 1 fully saturated rings. The minimum Gasteiger partial charge on any atom is -0.490 e. The Morgan fingerprint density at radius 2 is 1.89 bits per heavy atom. The van der Waals surface area contributed by atoms with E-state index in [0.29, 0.717) is 12.1 Å². The predicted octanol–water partition coefficient (Wildman–Crippen LogP) is 3.36. The molecule has 0 aliphatic heterocycles. The smallest absolute Gasteiger partial charge is 0.127 e. The Labute approximate surface area is 108 Å². The van der Waals surface area contributed by atoms with Crippen LogP contribution in [-0.2, 0) is 0 Å². The molecule has 1 aliphatic carbocycles. The second-order valence-electron chi connectivity index (χ2n) is 4.94. The van der Waals surface area contributed by atoms with E-state index in [9.17, 15) is 0 Å². The van der Waals surface area contributed by atoms with Gasteiger partial charge in [-0.15, -0.1) is 0 Å². The van der Waals surface area contributed by atoms with Gasteiger partial charge in [-0.1, -0.05) is 43.3 Å². The van der Waals surface area contributed by atoms with Gasteiger partial charge in [0, 0.05) is 11.4 Å². The van der Waals surface area contributed by atoms with Gasteiger partial charge in [0.15, 0.2) is 0 Å². The molecule has 1 N–H and O–H groups in total. The molecule has 0 bridgehead atoms. The van der Waals surface area contributed by atoms with Crippen molar-refractivity contribution in [2.75, 3.05) is 6.54 Å². The molecule has 18 heavy (non-hydrogen) atoms. The maximum Gasteiger partial charge on any atom is 0.127 e. The summed E-state index contributed by atoms with van der Waals surface area (Å²) >= 11 is 0. The van der Waals surface area contributed by atoms with E-state index in [1.165, 1.54) is 10.8 Å². The summed E-state index contributed by atoms with van der Waals surface area (Å²) in [4.78, 5) is 0. The van der Waals surface area contributed by atoms with Crippen molar-refractivity contribution >= 4 is 10.8 Å². The fraction of sp³-hybridized carbons (Fsp3) is 0.375. The first-order valence-electron chi connectivity index (χ1n) is 6.74. The summed E-state index contributed by atoms with van der Waals surface area (Å²) in [6, 6.07) is 15.3. The fourth-order valence-electron chi connectivity index (χ4n) is 2.60. The van der Waals surface area contributed by atoms with Crippen LogP contribution in [0.2, 0.25) is 0 Å². The van der Waals surface area contributed by atoms with Gasteiger partial charge >= 0.3 is 0 Å². The van der Waals surface area contributed by atoms with Crippen molar-refractivity contribution in [1.29, 1.82) is 0 Å². The van der Waals surface area contributed by atoms with Gasteiger partial charge in [0.25, 0.3) is 0 Å². The maximum atomic E-state index is 6.10. The summed E-state index contributed by atoms with van der Waals surface area (Å²) in [6.07, 6.45) is 2.62. The number of nitrogens with one attached hydrogen (secondary N) is 1. The van der Waals surface area contributed by atoms with E-state index in [-0.39, 0.29) is 0 Å². The standard InChI is InChI=1S/C16H19NO/c1-2-17-13-10-14(11-13)18-16-9-5-7-12-6-3-4-8-15(12)16/h3-9,13-14,17H,2,10-11H2,1H3. The van der Waals surface area contributed by atoms with E-state index in [4.69, 9.17) is 4.74 Å². The molecule has 0 saturated heterocycles. The minimum atomic E-state index is 0.375. The number of ether oxygens (including phenoxy) is 1. The largest absolute Gasteiger partial charge is 0.490 e. The predicted molar refractivity (Wildman–Crippen MR) is 75.1 cm³/mol. The molecule has 0 heterocycles. The summed E-state index contributed by atoms with van der Waals surface area (Å²) in [5.74, 6) is 1.02. The van der Waals surface area contributed by atoms with Crippen LogP contribution in [0.5, 0.6) is 5.75 Å². The number of hydrogen-bond donors (Lipinski definition) is 1. The topological polar surface area (TPSA) is 21.3 Å². The van der Waals surface area contributed by atoms with Crippen LogP contribution in [0, 0.1) is 0 Å². The molecule has 0 unspecified atom stereocenters. The summed E-state index contributed by atoms with van der Waals surface area (Å²) in [5, 5.41) is 5.92. The van der Waals surface area contributed by atoms with Crippen LogP contribution in [0.3, 0.4) is 0 Å². The molecule has 0 spiro atoms. The van der Waals surface area contributed by atoms with Crippen molar-refractivity contribution in [2.45, 2.75) is 31.9 Å². The Bertz CT molecular complexity index is 526. The van der Waals surface area contributed by atoms with Gasteiger partial charge in [-0.2, -0.15) is 0 Å². The van der Waals surface area contributed by atoms with E-state index < -0.39 is 0 Å². The molecule has 0 aromatic heterocycles. The zero-order valence-corrected chi connectivity index (χ0v) is 10.7. The third-order valence-electron chi connectivity index (χ3n) is 3.63. The molecule has 0 radical (unpaired) electrons. The Hall–Kier alpha value is -1.54. The summed E-state index contributed by atoms with van der Waals surface area (Å²) in [5.41, 5.74) is 0.